The van der Waals surface area contributed by atoms with Gasteiger partial charge in [-0.3, -0.25) is 14.9 Å². The third kappa shape index (κ3) is 5.27. The zero-order valence-electron chi connectivity index (χ0n) is 15.1. The Morgan fingerprint density at radius 3 is 2.44 bits per heavy atom. The number of hydrogen-bond acceptors (Lipinski definition) is 6. The average Bonchev–Trinajstić information content (AvgIpc) is 3.14. The van der Waals surface area contributed by atoms with Crippen molar-refractivity contribution in [3.8, 4) is 11.3 Å². The molecule has 27 heavy (non-hydrogen) atoms. The number of furan rings is 1. The molecule has 8 nitrogen and oxygen atoms in total. The molecule has 1 heterocycles. The number of esters is 1. The van der Waals surface area contributed by atoms with Gasteiger partial charge in [0, 0.05) is 30.8 Å². The van der Waals surface area contributed by atoms with Gasteiger partial charge in [0.2, 0.25) is 5.76 Å². The molecule has 1 aromatic heterocycles. The van der Waals surface area contributed by atoms with E-state index >= 15 is 0 Å². The molecule has 0 bridgehead atoms. The molecule has 0 aliphatic rings. The lowest BCUT2D eigenvalue weighted by molar-refractivity contribution is -0.384. The molecular weight excluding hydrogens is 352 g/mol. The average molecular weight is 372 g/mol. The maximum absolute atomic E-state index is 12.1. The molecule has 0 N–H and O–H groups in total. The number of likely N-dealkylation sites (N-methyl/N-ethyl adjacent to an activating group) is 1. The largest absolute Gasteiger partial charge is 0.450 e. The summed E-state index contributed by atoms with van der Waals surface area (Å²) in [4.78, 5) is 35.9. The lowest BCUT2D eigenvalue weighted by Crippen LogP contribution is -2.35. The zero-order valence-corrected chi connectivity index (χ0v) is 15.1. The van der Waals surface area contributed by atoms with E-state index in [4.69, 9.17) is 9.15 Å². The summed E-state index contributed by atoms with van der Waals surface area (Å²) in [6, 6.07) is 8.71. The third-order valence-corrected chi connectivity index (χ3v) is 3.69. The van der Waals surface area contributed by atoms with Crippen LogP contribution in [0.25, 0.3) is 11.3 Å². The molecule has 2 rings (SSSR count). The molecule has 0 fully saturated rings. The van der Waals surface area contributed by atoms with Crippen molar-refractivity contribution in [2.24, 2.45) is 0 Å². The Kier molecular flexibility index (Phi) is 6.48. The normalized spacial score (nSPS) is 10.3. The SMILES string of the molecule is C=C(C)CN(CC)C(=O)COC(=O)c1ccc(-c2ccc([N+](=O)[O-])cc2)o1. The van der Waals surface area contributed by atoms with Crippen LogP contribution in [-0.4, -0.2) is 41.4 Å². The van der Waals surface area contributed by atoms with Gasteiger partial charge in [0.25, 0.3) is 11.6 Å². The van der Waals surface area contributed by atoms with Gasteiger partial charge in [-0.15, -0.1) is 0 Å². The topological polar surface area (TPSA) is 103 Å². The molecule has 8 heteroatoms. The van der Waals surface area contributed by atoms with Crippen molar-refractivity contribution in [2.75, 3.05) is 19.7 Å². The van der Waals surface area contributed by atoms with Gasteiger partial charge >= 0.3 is 5.97 Å². The monoisotopic (exact) mass is 372 g/mol. The van der Waals surface area contributed by atoms with Crippen LogP contribution >= 0.6 is 0 Å². The van der Waals surface area contributed by atoms with Crippen molar-refractivity contribution in [3.63, 3.8) is 0 Å². The Bertz CT molecular complexity index is 853. The van der Waals surface area contributed by atoms with Crippen molar-refractivity contribution < 1.29 is 23.7 Å². The van der Waals surface area contributed by atoms with Gasteiger partial charge in [0.1, 0.15) is 5.76 Å². The number of rotatable bonds is 8. The summed E-state index contributed by atoms with van der Waals surface area (Å²) >= 11 is 0. The number of hydrogen-bond donors (Lipinski definition) is 0. The molecular formula is C19H20N2O6. The lowest BCUT2D eigenvalue weighted by atomic mass is 10.1. The van der Waals surface area contributed by atoms with Crippen LogP contribution in [0.2, 0.25) is 0 Å². The Morgan fingerprint density at radius 2 is 1.89 bits per heavy atom. The molecule has 1 amide bonds. The van der Waals surface area contributed by atoms with Crippen LogP contribution in [0.1, 0.15) is 24.4 Å². The first-order chi connectivity index (χ1) is 12.8. The van der Waals surface area contributed by atoms with E-state index in [1.165, 1.54) is 35.2 Å². The maximum atomic E-state index is 12.1. The number of benzene rings is 1. The first-order valence-corrected chi connectivity index (χ1v) is 8.25. The second-order valence-electron chi connectivity index (χ2n) is 5.91. The smallest absolute Gasteiger partial charge is 0.374 e. The first kappa shape index (κ1) is 19.9. The molecule has 0 saturated carbocycles. The molecule has 0 spiro atoms. The van der Waals surface area contributed by atoms with Crippen LogP contribution in [0.4, 0.5) is 5.69 Å². The number of nitro benzene ring substituents is 1. The minimum atomic E-state index is -0.761. The van der Waals surface area contributed by atoms with Crippen LogP contribution in [0.15, 0.2) is 53.0 Å². The van der Waals surface area contributed by atoms with E-state index in [-0.39, 0.29) is 17.4 Å². The van der Waals surface area contributed by atoms with Crippen molar-refractivity contribution in [2.45, 2.75) is 13.8 Å². The molecule has 0 aliphatic heterocycles. The van der Waals surface area contributed by atoms with Gasteiger partial charge in [0.05, 0.1) is 4.92 Å². The van der Waals surface area contributed by atoms with Crippen LogP contribution in [0.5, 0.6) is 0 Å². The molecule has 142 valence electrons. The van der Waals surface area contributed by atoms with Crippen molar-refractivity contribution in [3.05, 3.63) is 64.4 Å². The number of ether oxygens (including phenoxy) is 1. The number of non-ortho nitro benzene ring substituents is 1. The van der Waals surface area contributed by atoms with Gasteiger partial charge < -0.3 is 14.1 Å². The summed E-state index contributed by atoms with van der Waals surface area (Å²) in [5.41, 5.74) is 1.36. The van der Waals surface area contributed by atoms with Crippen LogP contribution in [0.3, 0.4) is 0 Å². The van der Waals surface area contributed by atoms with E-state index in [0.29, 0.717) is 24.4 Å². The Balaban J connectivity index is 1.99. The quantitative estimate of drug-likeness (QED) is 0.304. The van der Waals surface area contributed by atoms with Crippen LogP contribution in [0, 0.1) is 10.1 Å². The van der Waals surface area contributed by atoms with Crippen LogP contribution in [-0.2, 0) is 9.53 Å². The van der Waals surface area contributed by atoms with Crippen molar-refractivity contribution in [1.82, 2.24) is 4.90 Å². The minimum absolute atomic E-state index is 0.0429. The predicted molar refractivity (Wildman–Crippen MR) is 98.1 cm³/mol. The Hall–Kier alpha value is -3.42. The standard InChI is InChI=1S/C19H20N2O6/c1-4-20(11-13(2)3)18(22)12-26-19(23)17-10-9-16(27-17)14-5-7-15(8-6-14)21(24)25/h5-10H,2,4,11-12H2,1,3H3. The summed E-state index contributed by atoms with van der Waals surface area (Å²) in [6.07, 6.45) is 0. The number of amides is 1. The predicted octanol–water partition coefficient (Wildman–Crippen LogP) is 3.44. The number of nitro groups is 1. The van der Waals surface area contributed by atoms with Crippen molar-refractivity contribution >= 4 is 17.6 Å². The molecule has 0 saturated heterocycles. The second kappa shape index (κ2) is 8.79. The molecule has 2 aromatic rings. The van der Waals surface area contributed by atoms with E-state index in [1.807, 2.05) is 13.8 Å². The van der Waals surface area contributed by atoms with E-state index in [1.54, 1.807) is 6.07 Å². The van der Waals surface area contributed by atoms with Crippen molar-refractivity contribution in [1.29, 1.82) is 0 Å². The Labute approximate surface area is 156 Å². The van der Waals surface area contributed by atoms with E-state index in [2.05, 4.69) is 6.58 Å². The summed E-state index contributed by atoms with van der Waals surface area (Å²) in [5.74, 6) is -0.779. The van der Waals surface area contributed by atoms with Gasteiger partial charge in [-0.1, -0.05) is 12.2 Å². The molecule has 1 aromatic carbocycles. The number of nitrogens with zero attached hydrogens (tertiary/aromatic N) is 2. The van der Waals surface area contributed by atoms with Gasteiger partial charge in [-0.05, 0) is 38.1 Å². The maximum Gasteiger partial charge on any atom is 0.374 e. The fraction of sp³-hybridized carbons (Fsp3) is 0.263. The van der Waals surface area contributed by atoms with E-state index in [9.17, 15) is 19.7 Å². The fourth-order valence-corrected chi connectivity index (χ4v) is 2.34. The highest BCUT2D eigenvalue weighted by molar-refractivity contribution is 5.89. The highest BCUT2D eigenvalue weighted by Crippen LogP contribution is 2.24. The first-order valence-electron chi connectivity index (χ1n) is 8.25. The highest BCUT2D eigenvalue weighted by Gasteiger charge is 2.18. The summed E-state index contributed by atoms with van der Waals surface area (Å²) < 4.78 is 10.4. The number of carbonyl (C=O) groups is 2. The highest BCUT2D eigenvalue weighted by atomic mass is 16.6. The molecule has 0 unspecified atom stereocenters. The minimum Gasteiger partial charge on any atom is -0.450 e. The van der Waals surface area contributed by atoms with Gasteiger partial charge in [0.15, 0.2) is 6.61 Å². The second-order valence-corrected chi connectivity index (χ2v) is 5.91. The summed E-state index contributed by atoms with van der Waals surface area (Å²) in [5, 5.41) is 10.7. The lowest BCUT2D eigenvalue weighted by Gasteiger charge is -2.20. The Morgan fingerprint density at radius 1 is 1.22 bits per heavy atom. The third-order valence-electron chi connectivity index (χ3n) is 3.69. The molecule has 0 atom stereocenters. The number of carbonyl (C=O) groups excluding carboxylic acids is 2. The fourth-order valence-electron chi connectivity index (χ4n) is 2.34. The van der Waals surface area contributed by atoms with Gasteiger partial charge in [-0.2, -0.15) is 0 Å². The summed E-state index contributed by atoms with van der Waals surface area (Å²) in [6.45, 7) is 7.88. The zero-order chi connectivity index (χ0) is 20.0. The van der Waals surface area contributed by atoms with E-state index < -0.39 is 17.5 Å². The molecule has 0 aliphatic carbocycles. The van der Waals surface area contributed by atoms with Crippen LogP contribution < -0.4 is 0 Å². The summed E-state index contributed by atoms with van der Waals surface area (Å²) in [7, 11) is 0. The van der Waals surface area contributed by atoms with Gasteiger partial charge in [-0.25, -0.2) is 4.79 Å². The molecule has 0 radical (unpaired) electrons. The van der Waals surface area contributed by atoms with E-state index in [0.717, 1.165) is 5.57 Å².